The Hall–Kier alpha value is -3.27. The maximum atomic E-state index is 12.2. The number of aryl methyl sites for hydroxylation is 1. The summed E-state index contributed by atoms with van der Waals surface area (Å²) in [5.74, 6) is -0.367. The van der Waals surface area contributed by atoms with Crippen LogP contribution in [0.25, 0.3) is 5.69 Å². The van der Waals surface area contributed by atoms with Gasteiger partial charge in [0.25, 0.3) is 5.69 Å². The van der Waals surface area contributed by atoms with E-state index in [4.69, 9.17) is 0 Å². The molecule has 0 unspecified atom stereocenters. The Morgan fingerprint density at radius 1 is 1.22 bits per heavy atom. The van der Waals surface area contributed by atoms with Gasteiger partial charge in [-0.15, -0.1) is 5.10 Å². The van der Waals surface area contributed by atoms with Gasteiger partial charge in [0.2, 0.25) is 11.1 Å². The van der Waals surface area contributed by atoms with Crippen molar-refractivity contribution in [3.63, 3.8) is 0 Å². The number of tetrazole rings is 1. The molecule has 0 atom stereocenters. The van der Waals surface area contributed by atoms with Crippen LogP contribution in [0.2, 0.25) is 0 Å². The summed E-state index contributed by atoms with van der Waals surface area (Å²) in [6.45, 7) is 2.04. The maximum Gasteiger partial charge on any atom is 0.292 e. The van der Waals surface area contributed by atoms with E-state index in [0.29, 0.717) is 5.16 Å². The number of anilines is 1. The molecule has 1 N–H and O–H groups in total. The zero-order chi connectivity index (χ0) is 19.2. The van der Waals surface area contributed by atoms with E-state index in [1.165, 1.54) is 12.1 Å². The first kappa shape index (κ1) is 18.5. The highest BCUT2D eigenvalue weighted by Crippen LogP contribution is 2.25. The molecule has 0 fully saturated rings. The van der Waals surface area contributed by atoms with Crippen LogP contribution in [0.1, 0.15) is 12.5 Å². The minimum atomic E-state index is -0.537. The number of nitro groups is 1. The second kappa shape index (κ2) is 8.41. The summed E-state index contributed by atoms with van der Waals surface area (Å²) in [5.41, 5.74) is 1.93. The maximum absolute atomic E-state index is 12.2. The Morgan fingerprint density at radius 2 is 1.96 bits per heavy atom. The Kier molecular flexibility index (Phi) is 5.77. The van der Waals surface area contributed by atoms with E-state index in [2.05, 4.69) is 20.8 Å². The zero-order valence-corrected chi connectivity index (χ0v) is 15.2. The number of para-hydroxylation sites is 3. The number of nitro benzene ring substituents is 1. The molecule has 0 bridgehead atoms. The van der Waals surface area contributed by atoms with Gasteiger partial charge in [-0.3, -0.25) is 14.9 Å². The third kappa shape index (κ3) is 4.29. The molecule has 0 aliphatic heterocycles. The number of aromatic nitrogens is 4. The van der Waals surface area contributed by atoms with Gasteiger partial charge >= 0.3 is 0 Å². The van der Waals surface area contributed by atoms with E-state index in [9.17, 15) is 14.9 Å². The van der Waals surface area contributed by atoms with Gasteiger partial charge in [0.05, 0.1) is 16.4 Å². The first-order valence-corrected chi connectivity index (χ1v) is 9.11. The van der Waals surface area contributed by atoms with E-state index in [-0.39, 0.29) is 23.0 Å². The summed E-state index contributed by atoms with van der Waals surface area (Å²) in [5, 5.41) is 25.7. The summed E-state index contributed by atoms with van der Waals surface area (Å²) in [6, 6.07) is 13.7. The molecule has 0 aliphatic carbocycles. The largest absolute Gasteiger partial charge is 0.320 e. The van der Waals surface area contributed by atoms with Crippen molar-refractivity contribution < 1.29 is 9.72 Å². The number of rotatable bonds is 7. The van der Waals surface area contributed by atoms with Crippen molar-refractivity contribution in [1.82, 2.24) is 20.2 Å². The molecule has 3 aromatic rings. The third-order valence-electron chi connectivity index (χ3n) is 3.75. The van der Waals surface area contributed by atoms with Crippen LogP contribution >= 0.6 is 11.8 Å². The molecule has 0 spiro atoms. The predicted octanol–water partition coefficient (Wildman–Crippen LogP) is 2.86. The lowest BCUT2D eigenvalue weighted by Gasteiger charge is -2.09. The van der Waals surface area contributed by atoms with Crippen LogP contribution < -0.4 is 5.32 Å². The molecular weight excluding hydrogens is 368 g/mol. The summed E-state index contributed by atoms with van der Waals surface area (Å²) >= 11 is 1.15. The van der Waals surface area contributed by atoms with Crippen molar-refractivity contribution in [2.24, 2.45) is 0 Å². The fourth-order valence-corrected chi connectivity index (χ4v) is 3.18. The monoisotopic (exact) mass is 384 g/mol. The van der Waals surface area contributed by atoms with Gasteiger partial charge in [-0.1, -0.05) is 49.0 Å². The second-order valence-electron chi connectivity index (χ2n) is 5.47. The van der Waals surface area contributed by atoms with E-state index in [1.54, 1.807) is 16.8 Å². The number of benzene rings is 2. The van der Waals surface area contributed by atoms with E-state index >= 15 is 0 Å². The molecule has 3 rings (SSSR count). The summed E-state index contributed by atoms with van der Waals surface area (Å²) in [4.78, 5) is 22.7. The molecule has 10 heteroatoms. The van der Waals surface area contributed by atoms with Crippen molar-refractivity contribution in [3.8, 4) is 5.69 Å². The summed E-state index contributed by atoms with van der Waals surface area (Å²) in [6.07, 6.45) is 0.818. The molecule has 1 heterocycles. The minimum Gasteiger partial charge on any atom is -0.320 e. The fourth-order valence-electron chi connectivity index (χ4n) is 2.49. The van der Waals surface area contributed by atoms with Crippen molar-refractivity contribution in [2.45, 2.75) is 18.5 Å². The SMILES string of the molecule is CCc1ccccc1-n1nnnc1SCC(=O)Nc1ccccc1[N+](=O)[O-]. The van der Waals surface area contributed by atoms with E-state index in [1.807, 2.05) is 31.2 Å². The van der Waals surface area contributed by atoms with Crippen LogP contribution in [0.4, 0.5) is 11.4 Å². The topological polar surface area (TPSA) is 116 Å². The molecule has 0 saturated heterocycles. The molecule has 138 valence electrons. The number of amides is 1. The van der Waals surface area contributed by atoms with Crippen LogP contribution in [0.15, 0.2) is 53.7 Å². The normalized spacial score (nSPS) is 10.6. The molecule has 2 aromatic carbocycles. The number of hydrogen-bond donors (Lipinski definition) is 1. The average Bonchev–Trinajstić information content (AvgIpc) is 3.15. The van der Waals surface area contributed by atoms with E-state index < -0.39 is 4.92 Å². The summed E-state index contributed by atoms with van der Waals surface area (Å²) in [7, 11) is 0. The van der Waals surface area contributed by atoms with Crippen LogP contribution in [0.3, 0.4) is 0 Å². The molecule has 27 heavy (non-hydrogen) atoms. The number of nitrogens with zero attached hydrogens (tertiary/aromatic N) is 5. The average molecular weight is 384 g/mol. The van der Waals surface area contributed by atoms with Crippen LogP contribution in [-0.2, 0) is 11.2 Å². The van der Waals surface area contributed by atoms with Gasteiger partial charge in [-0.2, -0.15) is 4.68 Å². The van der Waals surface area contributed by atoms with Gasteiger partial charge in [-0.25, -0.2) is 0 Å². The van der Waals surface area contributed by atoms with Crippen molar-refractivity contribution in [3.05, 3.63) is 64.2 Å². The number of nitrogens with one attached hydrogen (secondary N) is 1. The summed E-state index contributed by atoms with van der Waals surface area (Å²) < 4.78 is 1.59. The molecular formula is C17H16N6O3S. The first-order valence-electron chi connectivity index (χ1n) is 8.13. The van der Waals surface area contributed by atoms with Crippen molar-refractivity contribution in [2.75, 3.05) is 11.1 Å². The quantitative estimate of drug-likeness (QED) is 0.378. The molecule has 0 radical (unpaired) electrons. The third-order valence-corrected chi connectivity index (χ3v) is 4.67. The van der Waals surface area contributed by atoms with Gasteiger partial charge in [0, 0.05) is 6.07 Å². The highest BCUT2D eigenvalue weighted by atomic mass is 32.2. The van der Waals surface area contributed by atoms with Crippen molar-refractivity contribution in [1.29, 1.82) is 0 Å². The molecule has 0 aliphatic rings. The van der Waals surface area contributed by atoms with Gasteiger partial charge < -0.3 is 5.32 Å². The molecule has 9 nitrogen and oxygen atoms in total. The highest BCUT2D eigenvalue weighted by molar-refractivity contribution is 7.99. The predicted molar refractivity (Wildman–Crippen MR) is 101 cm³/mol. The number of thioether (sulfide) groups is 1. The smallest absolute Gasteiger partial charge is 0.292 e. The Bertz CT molecular complexity index is 975. The molecule has 1 aromatic heterocycles. The van der Waals surface area contributed by atoms with Crippen LogP contribution in [-0.4, -0.2) is 36.8 Å². The Labute approximate surface area is 158 Å². The minimum absolute atomic E-state index is 0.0146. The fraction of sp³-hybridized carbons (Fsp3) is 0.176. The Balaban J connectivity index is 1.71. The number of hydrogen-bond acceptors (Lipinski definition) is 7. The van der Waals surface area contributed by atoms with E-state index in [0.717, 1.165) is 29.4 Å². The van der Waals surface area contributed by atoms with Gasteiger partial charge in [0.15, 0.2) is 0 Å². The first-order chi connectivity index (χ1) is 13.1. The van der Waals surface area contributed by atoms with Crippen molar-refractivity contribution >= 4 is 29.0 Å². The zero-order valence-electron chi connectivity index (χ0n) is 14.4. The Morgan fingerprint density at radius 3 is 2.74 bits per heavy atom. The van der Waals surface area contributed by atoms with Crippen LogP contribution in [0, 0.1) is 10.1 Å². The lowest BCUT2D eigenvalue weighted by atomic mass is 10.1. The standard InChI is InChI=1S/C17H16N6O3S/c1-2-12-7-3-5-9-14(12)22-17(19-20-21-22)27-11-16(24)18-13-8-4-6-10-15(13)23(25)26/h3-10H,2,11H2,1H3,(H,18,24). The number of carbonyl (C=O) groups is 1. The van der Waals surface area contributed by atoms with Crippen LogP contribution in [0.5, 0.6) is 0 Å². The second-order valence-corrected chi connectivity index (χ2v) is 6.41. The lowest BCUT2D eigenvalue weighted by molar-refractivity contribution is -0.383. The number of carbonyl (C=O) groups excluding carboxylic acids is 1. The van der Waals surface area contributed by atoms with Gasteiger partial charge in [0.1, 0.15) is 5.69 Å². The van der Waals surface area contributed by atoms with Gasteiger partial charge in [-0.05, 0) is 34.5 Å². The molecule has 0 saturated carbocycles. The lowest BCUT2D eigenvalue weighted by Crippen LogP contribution is -2.15. The molecule has 1 amide bonds. The highest BCUT2D eigenvalue weighted by Gasteiger charge is 2.17.